The van der Waals surface area contributed by atoms with E-state index in [-0.39, 0.29) is 11.4 Å². The summed E-state index contributed by atoms with van der Waals surface area (Å²) >= 11 is 0. The third-order valence-corrected chi connectivity index (χ3v) is 2.36. The Kier molecular flexibility index (Phi) is 3.02. The van der Waals surface area contributed by atoms with E-state index in [0.717, 1.165) is 12.1 Å². The zero-order valence-electron chi connectivity index (χ0n) is 9.07. The van der Waals surface area contributed by atoms with Crippen molar-refractivity contribution in [3.8, 4) is 17.3 Å². The van der Waals surface area contributed by atoms with Crippen LogP contribution in [0.2, 0.25) is 0 Å². The lowest BCUT2D eigenvalue weighted by molar-refractivity contribution is -0.137. The largest absolute Gasteiger partial charge is 0.418 e. The predicted molar refractivity (Wildman–Crippen MR) is 59.4 cm³/mol. The van der Waals surface area contributed by atoms with Crippen molar-refractivity contribution < 1.29 is 13.2 Å². The van der Waals surface area contributed by atoms with Crippen LogP contribution in [-0.4, -0.2) is 4.98 Å². The van der Waals surface area contributed by atoms with Crippen LogP contribution in [0.15, 0.2) is 42.5 Å². The Bertz CT molecular complexity index is 598. The number of alkyl halides is 3. The van der Waals surface area contributed by atoms with Crippen LogP contribution < -0.4 is 0 Å². The van der Waals surface area contributed by atoms with Crippen LogP contribution >= 0.6 is 0 Å². The standard InChI is InChI=1S/C13H7F3N2/c14-13(15,16)11-7-6-10(8-17)18-12(11)9-4-2-1-3-5-9/h1-7H. The van der Waals surface area contributed by atoms with Crippen LogP contribution in [0.25, 0.3) is 11.3 Å². The van der Waals surface area contributed by atoms with Gasteiger partial charge in [-0.1, -0.05) is 30.3 Å². The Hall–Kier alpha value is -2.35. The minimum absolute atomic E-state index is 0.0400. The average molecular weight is 248 g/mol. The summed E-state index contributed by atoms with van der Waals surface area (Å²) in [6, 6.07) is 11.7. The fourth-order valence-electron chi connectivity index (χ4n) is 1.57. The lowest BCUT2D eigenvalue weighted by Gasteiger charge is -2.12. The normalized spacial score (nSPS) is 11.0. The number of rotatable bonds is 1. The Morgan fingerprint density at radius 2 is 1.67 bits per heavy atom. The molecular formula is C13H7F3N2. The molecule has 0 saturated carbocycles. The minimum atomic E-state index is -4.49. The first-order valence-corrected chi connectivity index (χ1v) is 5.06. The van der Waals surface area contributed by atoms with Gasteiger partial charge in [-0.3, -0.25) is 0 Å². The lowest BCUT2D eigenvalue weighted by Crippen LogP contribution is -2.09. The maximum Gasteiger partial charge on any atom is 0.418 e. The number of nitrogens with zero attached hydrogens (tertiary/aromatic N) is 2. The highest BCUT2D eigenvalue weighted by Gasteiger charge is 2.34. The van der Waals surface area contributed by atoms with Gasteiger partial charge in [0.25, 0.3) is 0 Å². The number of benzene rings is 1. The summed E-state index contributed by atoms with van der Waals surface area (Å²) in [7, 11) is 0. The molecule has 0 amide bonds. The van der Waals surface area contributed by atoms with Gasteiger partial charge in [-0.05, 0) is 12.1 Å². The average Bonchev–Trinajstić information content (AvgIpc) is 2.38. The highest BCUT2D eigenvalue weighted by atomic mass is 19.4. The number of halogens is 3. The molecule has 0 aliphatic heterocycles. The summed E-state index contributed by atoms with van der Waals surface area (Å²) in [6.45, 7) is 0. The van der Waals surface area contributed by atoms with E-state index in [2.05, 4.69) is 4.98 Å². The molecule has 0 atom stereocenters. The van der Waals surface area contributed by atoms with Crippen molar-refractivity contribution in [3.05, 3.63) is 53.7 Å². The number of nitriles is 1. The molecule has 90 valence electrons. The van der Waals surface area contributed by atoms with E-state index in [1.54, 1.807) is 24.3 Å². The monoisotopic (exact) mass is 248 g/mol. The molecule has 0 spiro atoms. The first-order chi connectivity index (χ1) is 8.52. The summed E-state index contributed by atoms with van der Waals surface area (Å²) in [6.07, 6.45) is -4.49. The van der Waals surface area contributed by atoms with Gasteiger partial charge in [-0.25, -0.2) is 4.98 Å². The maximum absolute atomic E-state index is 12.8. The smallest absolute Gasteiger partial charge is 0.236 e. The summed E-state index contributed by atoms with van der Waals surface area (Å²) in [4.78, 5) is 3.75. The molecule has 0 unspecified atom stereocenters. The quantitative estimate of drug-likeness (QED) is 0.772. The number of pyridine rings is 1. The summed E-state index contributed by atoms with van der Waals surface area (Å²) in [5, 5.41) is 8.71. The van der Waals surface area contributed by atoms with Crippen molar-refractivity contribution in [2.45, 2.75) is 6.18 Å². The molecule has 0 N–H and O–H groups in total. The molecule has 2 rings (SSSR count). The van der Waals surface area contributed by atoms with Crippen LogP contribution in [0.4, 0.5) is 13.2 Å². The summed E-state index contributed by atoms with van der Waals surface area (Å²) in [5.41, 5.74) is -0.765. The van der Waals surface area contributed by atoms with E-state index in [9.17, 15) is 13.2 Å². The zero-order valence-corrected chi connectivity index (χ0v) is 9.07. The van der Waals surface area contributed by atoms with Crippen LogP contribution in [0.5, 0.6) is 0 Å². The van der Waals surface area contributed by atoms with Crippen molar-refractivity contribution in [3.63, 3.8) is 0 Å². The Morgan fingerprint density at radius 3 is 2.22 bits per heavy atom. The minimum Gasteiger partial charge on any atom is -0.236 e. The van der Waals surface area contributed by atoms with E-state index in [1.807, 2.05) is 0 Å². The number of aromatic nitrogens is 1. The molecule has 0 saturated heterocycles. The molecule has 5 heteroatoms. The van der Waals surface area contributed by atoms with Crippen molar-refractivity contribution in [2.75, 3.05) is 0 Å². The molecule has 0 fully saturated rings. The van der Waals surface area contributed by atoms with Gasteiger partial charge in [0.1, 0.15) is 11.8 Å². The first-order valence-electron chi connectivity index (χ1n) is 5.06. The van der Waals surface area contributed by atoms with E-state index in [4.69, 9.17) is 5.26 Å². The topological polar surface area (TPSA) is 36.7 Å². The lowest BCUT2D eigenvalue weighted by atomic mass is 10.0. The maximum atomic E-state index is 12.8. The molecule has 0 aliphatic rings. The van der Waals surface area contributed by atoms with Crippen molar-refractivity contribution in [2.24, 2.45) is 0 Å². The number of hydrogen-bond acceptors (Lipinski definition) is 2. The van der Waals surface area contributed by atoms with Gasteiger partial charge < -0.3 is 0 Å². The van der Waals surface area contributed by atoms with Gasteiger partial charge in [0.05, 0.1) is 11.3 Å². The second-order valence-electron chi connectivity index (χ2n) is 3.57. The van der Waals surface area contributed by atoms with Crippen molar-refractivity contribution >= 4 is 0 Å². The Labute approximate surface area is 101 Å². The molecular weight excluding hydrogens is 241 g/mol. The zero-order chi connectivity index (χ0) is 13.2. The molecule has 2 aromatic rings. The second-order valence-corrected chi connectivity index (χ2v) is 3.57. The highest BCUT2D eigenvalue weighted by molar-refractivity contribution is 5.64. The van der Waals surface area contributed by atoms with Gasteiger partial charge in [-0.15, -0.1) is 0 Å². The van der Waals surface area contributed by atoms with Gasteiger partial charge in [0.15, 0.2) is 0 Å². The van der Waals surface area contributed by atoms with Crippen LogP contribution in [-0.2, 0) is 6.18 Å². The van der Waals surface area contributed by atoms with E-state index < -0.39 is 11.7 Å². The van der Waals surface area contributed by atoms with E-state index in [1.165, 1.54) is 12.1 Å². The first kappa shape index (κ1) is 12.1. The molecule has 0 aliphatic carbocycles. The predicted octanol–water partition coefficient (Wildman–Crippen LogP) is 3.64. The summed E-state index contributed by atoms with van der Waals surface area (Å²) in [5.74, 6) is 0. The molecule has 18 heavy (non-hydrogen) atoms. The van der Waals surface area contributed by atoms with Crippen molar-refractivity contribution in [1.29, 1.82) is 5.26 Å². The Morgan fingerprint density at radius 1 is 1.00 bits per heavy atom. The SMILES string of the molecule is N#Cc1ccc(C(F)(F)F)c(-c2ccccc2)n1. The molecule has 0 radical (unpaired) electrons. The molecule has 2 nitrogen and oxygen atoms in total. The van der Waals surface area contributed by atoms with Gasteiger partial charge >= 0.3 is 6.18 Å². The Balaban J connectivity index is 2.67. The fraction of sp³-hybridized carbons (Fsp3) is 0.0769. The highest BCUT2D eigenvalue weighted by Crippen LogP contribution is 2.35. The van der Waals surface area contributed by atoms with Crippen LogP contribution in [0.3, 0.4) is 0 Å². The third kappa shape index (κ3) is 2.33. The summed E-state index contributed by atoms with van der Waals surface area (Å²) < 4.78 is 38.5. The third-order valence-electron chi connectivity index (χ3n) is 2.36. The van der Waals surface area contributed by atoms with Gasteiger partial charge in [0, 0.05) is 5.56 Å². The number of hydrogen-bond donors (Lipinski definition) is 0. The van der Waals surface area contributed by atoms with Crippen LogP contribution in [0.1, 0.15) is 11.3 Å². The van der Waals surface area contributed by atoms with Crippen molar-refractivity contribution in [1.82, 2.24) is 4.98 Å². The molecule has 0 bridgehead atoms. The van der Waals surface area contributed by atoms with E-state index >= 15 is 0 Å². The van der Waals surface area contributed by atoms with Gasteiger partial charge in [-0.2, -0.15) is 18.4 Å². The van der Waals surface area contributed by atoms with Crippen LogP contribution in [0, 0.1) is 11.3 Å². The molecule has 1 aromatic heterocycles. The van der Waals surface area contributed by atoms with Gasteiger partial charge in [0.2, 0.25) is 0 Å². The molecule has 1 aromatic carbocycles. The van der Waals surface area contributed by atoms with E-state index in [0.29, 0.717) is 5.56 Å². The fourth-order valence-corrected chi connectivity index (χ4v) is 1.57. The molecule has 1 heterocycles. The second kappa shape index (κ2) is 4.49.